The van der Waals surface area contributed by atoms with Gasteiger partial charge in [-0.1, -0.05) is 24.3 Å². The summed E-state index contributed by atoms with van der Waals surface area (Å²) < 4.78 is 5.88. The predicted molar refractivity (Wildman–Crippen MR) is 81.9 cm³/mol. The van der Waals surface area contributed by atoms with Crippen LogP contribution in [0.1, 0.15) is 37.4 Å². The summed E-state index contributed by atoms with van der Waals surface area (Å²) in [5, 5.41) is 3.55. The molecule has 1 aliphatic heterocycles. The lowest BCUT2D eigenvalue weighted by Gasteiger charge is -2.45. The molecule has 1 fully saturated rings. The average Bonchev–Trinajstić information content (AvgIpc) is 2.45. The van der Waals surface area contributed by atoms with Gasteiger partial charge in [0.25, 0.3) is 0 Å². The topological polar surface area (TPSA) is 24.5 Å². The molecular formula is C17H26N2O. The van der Waals surface area contributed by atoms with Gasteiger partial charge in [0.1, 0.15) is 0 Å². The van der Waals surface area contributed by atoms with Crippen molar-refractivity contribution in [2.24, 2.45) is 0 Å². The minimum absolute atomic E-state index is 0.341. The molecule has 1 heterocycles. The first-order valence-corrected chi connectivity index (χ1v) is 7.83. The molecule has 1 N–H and O–H groups in total. The number of ether oxygens (including phenoxy) is 1. The van der Waals surface area contributed by atoms with Gasteiger partial charge in [-0.25, -0.2) is 0 Å². The molecule has 1 aliphatic carbocycles. The predicted octanol–water partition coefficient (Wildman–Crippen LogP) is 2.37. The van der Waals surface area contributed by atoms with E-state index in [1.165, 1.54) is 24.0 Å². The molecule has 0 saturated carbocycles. The van der Waals surface area contributed by atoms with Gasteiger partial charge in [-0.05, 0) is 44.9 Å². The lowest BCUT2D eigenvalue weighted by Crippen LogP contribution is -2.54. The van der Waals surface area contributed by atoms with Gasteiger partial charge in [-0.2, -0.15) is 0 Å². The van der Waals surface area contributed by atoms with E-state index in [2.05, 4.69) is 55.4 Å². The van der Waals surface area contributed by atoms with Crippen LogP contribution in [0.5, 0.6) is 0 Å². The fraction of sp³-hybridized carbons (Fsp3) is 0.647. The van der Waals surface area contributed by atoms with Crippen LogP contribution < -0.4 is 5.32 Å². The normalized spacial score (nSPS) is 34.8. The van der Waals surface area contributed by atoms with Gasteiger partial charge in [-0.15, -0.1) is 0 Å². The Kier molecular flexibility index (Phi) is 4.11. The molecule has 2 aliphatic rings. The maximum atomic E-state index is 5.88. The molecule has 4 atom stereocenters. The van der Waals surface area contributed by atoms with E-state index >= 15 is 0 Å². The van der Waals surface area contributed by atoms with Crippen molar-refractivity contribution in [1.82, 2.24) is 10.2 Å². The first-order valence-electron chi connectivity index (χ1n) is 7.83. The van der Waals surface area contributed by atoms with E-state index in [1.54, 1.807) is 0 Å². The van der Waals surface area contributed by atoms with Crippen LogP contribution in [0.25, 0.3) is 0 Å². The van der Waals surface area contributed by atoms with E-state index < -0.39 is 0 Å². The van der Waals surface area contributed by atoms with Crippen LogP contribution in [-0.2, 0) is 11.2 Å². The molecule has 0 aromatic heterocycles. The van der Waals surface area contributed by atoms with Crippen LogP contribution in [-0.4, -0.2) is 43.3 Å². The number of benzene rings is 1. The summed E-state index contributed by atoms with van der Waals surface area (Å²) in [6.45, 7) is 6.48. The van der Waals surface area contributed by atoms with Crippen LogP contribution >= 0.6 is 0 Å². The Hall–Kier alpha value is -0.900. The van der Waals surface area contributed by atoms with Crippen molar-refractivity contribution < 1.29 is 4.74 Å². The number of aryl methyl sites for hydroxylation is 1. The highest BCUT2D eigenvalue weighted by Crippen LogP contribution is 2.34. The monoisotopic (exact) mass is 274 g/mol. The summed E-state index contributed by atoms with van der Waals surface area (Å²) in [6.07, 6.45) is 3.11. The molecule has 0 spiro atoms. The highest BCUT2D eigenvalue weighted by atomic mass is 16.5. The fourth-order valence-electron chi connectivity index (χ4n) is 3.97. The molecule has 1 saturated heterocycles. The Morgan fingerprint density at radius 1 is 1.15 bits per heavy atom. The van der Waals surface area contributed by atoms with E-state index in [1.807, 2.05) is 0 Å². The second kappa shape index (κ2) is 5.84. The summed E-state index contributed by atoms with van der Waals surface area (Å²) in [6, 6.07) is 9.92. The first kappa shape index (κ1) is 14.1. The molecule has 20 heavy (non-hydrogen) atoms. The summed E-state index contributed by atoms with van der Waals surface area (Å²) in [5.74, 6) is 0. The molecule has 1 aromatic carbocycles. The van der Waals surface area contributed by atoms with Gasteiger partial charge in [-0.3, -0.25) is 4.90 Å². The highest BCUT2D eigenvalue weighted by molar-refractivity contribution is 5.34. The van der Waals surface area contributed by atoms with Crippen LogP contribution in [0.4, 0.5) is 0 Å². The van der Waals surface area contributed by atoms with Crippen molar-refractivity contribution in [3.05, 3.63) is 35.4 Å². The number of morpholine rings is 1. The number of nitrogens with one attached hydrogen (secondary N) is 1. The van der Waals surface area contributed by atoms with Gasteiger partial charge in [0.15, 0.2) is 0 Å². The van der Waals surface area contributed by atoms with Gasteiger partial charge < -0.3 is 10.1 Å². The van der Waals surface area contributed by atoms with Crippen LogP contribution in [0, 0.1) is 0 Å². The molecular weight excluding hydrogens is 248 g/mol. The van der Waals surface area contributed by atoms with Crippen molar-refractivity contribution >= 4 is 0 Å². The van der Waals surface area contributed by atoms with Gasteiger partial charge in [0.2, 0.25) is 0 Å². The van der Waals surface area contributed by atoms with Crippen LogP contribution in [0.3, 0.4) is 0 Å². The second-order valence-corrected chi connectivity index (χ2v) is 6.28. The van der Waals surface area contributed by atoms with E-state index in [0.29, 0.717) is 24.3 Å². The van der Waals surface area contributed by atoms with Crippen LogP contribution in [0.15, 0.2) is 24.3 Å². The average molecular weight is 274 g/mol. The Labute approximate surface area is 122 Å². The SMILES string of the molecule is CNC1c2ccccc2CCC1N1CC(C)OC(C)C1. The fourth-order valence-corrected chi connectivity index (χ4v) is 3.97. The van der Waals surface area contributed by atoms with Crippen molar-refractivity contribution in [1.29, 1.82) is 0 Å². The molecule has 0 radical (unpaired) electrons. The zero-order chi connectivity index (χ0) is 14.1. The lowest BCUT2D eigenvalue weighted by molar-refractivity contribution is -0.0860. The molecule has 0 amide bonds. The van der Waals surface area contributed by atoms with E-state index in [9.17, 15) is 0 Å². The second-order valence-electron chi connectivity index (χ2n) is 6.28. The molecule has 3 rings (SSSR count). The lowest BCUT2D eigenvalue weighted by atomic mass is 9.83. The number of nitrogens with zero attached hydrogens (tertiary/aromatic N) is 1. The summed E-state index contributed by atoms with van der Waals surface area (Å²) in [7, 11) is 2.09. The van der Waals surface area contributed by atoms with Crippen molar-refractivity contribution in [2.75, 3.05) is 20.1 Å². The number of hydrogen-bond acceptors (Lipinski definition) is 3. The van der Waals surface area contributed by atoms with Crippen molar-refractivity contribution in [2.45, 2.75) is 51.0 Å². The smallest absolute Gasteiger partial charge is 0.0678 e. The van der Waals surface area contributed by atoms with Crippen molar-refractivity contribution in [3.8, 4) is 0 Å². The zero-order valence-corrected chi connectivity index (χ0v) is 12.8. The van der Waals surface area contributed by atoms with E-state index in [-0.39, 0.29) is 0 Å². The van der Waals surface area contributed by atoms with Crippen LogP contribution in [0.2, 0.25) is 0 Å². The Morgan fingerprint density at radius 3 is 2.55 bits per heavy atom. The first-order chi connectivity index (χ1) is 9.69. The number of likely N-dealkylation sites (N-methyl/N-ethyl adjacent to an activating group) is 1. The summed E-state index contributed by atoms with van der Waals surface area (Å²) in [5.41, 5.74) is 3.00. The molecule has 110 valence electrons. The third-order valence-corrected chi connectivity index (χ3v) is 4.71. The third kappa shape index (κ3) is 2.62. The highest BCUT2D eigenvalue weighted by Gasteiger charge is 2.35. The largest absolute Gasteiger partial charge is 0.373 e. The van der Waals surface area contributed by atoms with Gasteiger partial charge >= 0.3 is 0 Å². The molecule has 0 bridgehead atoms. The molecule has 3 heteroatoms. The standard InChI is InChI=1S/C17H26N2O/c1-12-10-19(11-13(2)20-12)16-9-8-14-6-4-5-7-15(14)17(16)18-3/h4-7,12-13,16-18H,8-11H2,1-3H3. The minimum Gasteiger partial charge on any atom is -0.373 e. The molecule has 1 aromatic rings. The summed E-state index contributed by atoms with van der Waals surface area (Å²) >= 11 is 0. The number of rotatable bonds is 2. The summed E-state index contributed by atoms with van der Waals surface area (Å²) in [4.78, 5) is 2.63. The van der Waals surface area contributed by atoms with E-state index in [4.69, 9.17) is 4.74 Å². The third-order valence-electron chi connectivity index (χ3n) is 4.71. The Balaban J connectivity index is 1.84. The zero-order valence-electron chi connectivity index (χ0n) is 12.8. The maximum Gasteiger partial charge on any atom is 0.0678 e. The number of fused-ring (bicyclic) bond motifs is 1. The quantitative estimate of drug-likeness (QED) is 0.896. The molecule has 3 nitrogen and oxygen atoms in total. The Morgan fingerprint density at radius 2 is 1.85 bits per heavy atom. The minimum atomic E-state index is 0.341. The van der Waals surface area contributed by atoms with Gasteiger partial charge in [0, 0.05) is 25.2 Å². The van der Waals surface area contributed by atoms with Crippen molar-refractivity contribution in [3.63, 3.8) is 0 Å². The number of hydrogen-bond donors (Lipinski definition) is 1. The van der Waals surface area contributed by atoms with E-state index in [0.717, 1.165) is 13.1 Å². The molecule has 4 unspecified atom stereocenters. The Bertz CT molecular complexity index is 452. The van der Waals surface area contributed by atoms with Gasteiger partial charge in [0.05, 0.1) is 12.2 Å². The maximum absolute atomic E-state index is 5.88.